The Morgan fingerprint density at radius 1 is 1.15 bits per heavy atom. The van der Waals surface area contributed by atoms with Gasteiger partial charge in [-0.15, -0.1) is 11.8 Å². The fourth-order valence-corrected chi connectivity index (χ4v) is 9.45. The molecule has 3 N–H and O–H groups in total. The lowest BCUT2D eigenvalue weighted by Gasteiger charge is -2.38. The van der Waals surface area contributed by atoms with E-state index in [2.05, 4.69) is 17.6 Å². The lowest BCUT2D eigenvalue weighted by atomic mass is 9.66. The summed E-state index contributed by atoms with van der Waals surface area (Å²) in [6.45, 7) is 6.77. The third kappa shape index (κ3) is 4.86. The number of thioether (sulfide) groups is 1. The lowest BCUT2D eigenvalue weighted by molar-refractivity contribution is -0.138. The SMILES string of the molecule is CCOc1ccc(NC(=O)[C@@H]2[C@@H]3CC(C)C4(S3)C(C(=O)Nc3c(C)cccc3Cl)N(CCCCO)C(=O)[C@H]24)cc1. The molecular formula is C30H36ClN3O5S. The summed E-state index contributed by atoms with van der Waals surface area (Å²) in [6, 6.07) is 11.9. The number of para-hydroxylation sites is 1. The zero-order valence-corrected chi connectivity index (χ0v) is 24.6. The summed E-state index contributed by atoms with van der Waals surface area (Å²) in [6.07, 6.45) is 1.83. The molecule has 8 nitrogen and oxygen atoms in total. The van der Waals surface area contributed by atoms with Crippen LogP contribution in [0.3, 0.4) is 0 Å². The number of fused-ring (bicyclic) bond motifs is 1. The summed E-state index contributed by atoms with van der Waals surface area (Å²) in [5.74, 6) is -1.06. The Kier molecular flexibility index (Phi) is 8.36. The van der Waals surface area contributed by atoms with Gasteiger partial charge in [0, 0.05) is 24.1 Å². The number of unbranched alkanes of at least 4 members (excludes halogenated alkanes) is 1. The minimum absolute atomic E-state index is 0.00657. The molecule has 3 saturated heterocycles. The Hall–Kier alpha value is -2.75. The molecule has 1 spiro atoms. The first-order valence-electron chi connectivity index (χ1n) is 13.9. The number of aliphatic hydroxyl groups is 1. The predicted molar refractivity (Wildman–Crippen MR) is 158 cm³/mol. The van der Waals surface area contributed by atoms with E-state index in [9.17, 15) is 19.5 Å². The molecule has 2 aromatic carbocycles. The van der Waals surface area contributed by atoms with Crippen molar-refractivity contribution < 1.29 is 24.2 Å². The number of hydrogen-bond acceptors (Lipinski definition) is 6. The molecule has 3 fully saturated rings. The number of aliphatic hydroxyl groups excluding tert-OH is 1. The zero-order chi connectivity index (χ0) is 28.6. The quantitative estimate of drug-likeness (QED) is 0.348. The summed E-state index contributed by atoms with van der Waals surface area (Å²) in [5.41, 5.74) is 2.00. The van der Waals surface area contributed by atoms with E-state index in [1.807, 2.05) is 26.0 Å². The average molecular weight is 586 g/mol. The molecule has 0 aliphatic carbocycles. The van der Waals surface area contributed by atoms with E-state index >= 15 is 0 Å². The summed E-state index contributed by atoms with van der Waals surface area (Å²) in [7, 11) is 0. The van der Waals surface area contributed by atoms with Gasteiger partial charge in [0.05, 0.1) is 33.9 Å². The highest BCUT2D eigenvalue weighted by molar-refractivity contribution is 8.02. The van der Waals surface area contributed by atoms with Gasteiger partial charge in [-0.2, -0.15) is 0 Å². The number of anilines is 2. The molecule has 3 aliphatic heterocycles. The molecule has 3 unspecified atom stereocenters. The van der Waals surface area contributed by atoms with Crippen LogP contribution in [0.2, 0.25) is 5.02 Å². The van der Waals surface area contributed by atoms with Crippen molar-refractivity contribution in [1.82, 2.24) is 4.90 Å². The first-order chi connectivity index (χ1) is 19.2. The maximum Gasteiger partial charge on any atom is 0.248 e. The molecule has 0 radical (unpaired) electrons. The highest BCUT2D eigenvalue weighted by atomic mass is 35.5. The largest absolute Gasteiger partial charge is 0.494 e. The van der Waals surface area contributed by atoms with Gasteiger partial charge in [0.2, 0.25) is 17.7 Å². The van der Waals surface area contributed by atoms with Crippen LogP contribution in [-0.4, -0.2) is 63.5 Å². The number of nitrogens with one attached hydrogen (secondary N) is 2. The normalized spacial score (nSPS) is 28.5. The molecule has 3 amide bonds. The molecule has 0 saturated carbocycles. The second-order valence-electron chi connectivity index (χ2n) is 10.9. The van der Waals surface area contributed by atoms with Crippen molar-refractivity contribution in [2.75, 3.05) is 30.4 Å². The Morgan fingerprint density at radius 3 is 2.58 bits per heavy atom. The van der Waals surface area contributed by atoms with E-state index < -0.39 is 22.6 Å². The summed E-state index contributed by atoms with van der Waals surface area (Å²) in [5, 5.41) is 15.8. The molecule has 214 valence electrons. The number of nitrogens with zero attached hydrogens (tertiary/aromatic N) is 1. The van der Waals surface area contributed by atoms with Crippen LogP contribution in [0.25, 0.3) is 0 Å². The number of ether oxygens (including phenoxy) is 1. The van der Waals surface area contributed by atoms with Gasteiger partial charge in [0.1, 0.15) is 11.8 Å². The van der Waals surface area contributed by atoms with Crippen LogP contribution in [0.5, 0.6) is 5.75 Å². The van der Waals surface area contributed by atoms with Gasteiger partial charge in [-0.25, -0.2) is 0 Å². The summed E-state index contributed by atoms with van der Waals surface area (Å²) < 4.78 is 4.77. The molecule has 10 heteroatoms. The van der Waals surface area contributed by atoms with Gasteiger partial charge in [-0.05, 0) is 74.9 Å². The second-order valence-corrected chi connectivity index (χ2v) is 12.8. The molecule has 0 aromatic heterocycles. The fraction of sp³-hybridized carbons (Fsp3) is 0.500. The second kappa shape index (κ2) is 11.6. The summed E-state index contributed by atoms with van der Waals surface area (Å²) in [4.78, 5) is 43.6. The van der Waals surface area contributed by atoms with Crippen molar-refractivity contribution in [2.24, 2.45) is 17.8 Å². The molecule has 3 heterocycles. The van der Waals surface area contributed by atoms with Gasteiger partial charge < -0.3 is 25.4 Å². The van der Waals surface area contributed by atoms with Crippen molar-refractivity contribution in [3.8, 4) is 5.75 Å². The van der Waals surface area contributed by atoms with E-state index in [-0.39, 0.29) is 35.5 Å². The number of amides is 3. The van der Waals surface area contributed by atoms with Crippen molar-refractivity contribution >= 4 is 52.5 Å². The maximum absolute atomic E-state index is 14.1. The molecule has 6 atom stereocenters. The predicted octanol–water partition coefficient (Wildman–Crippen LogP) is 4.73. The van der Waals surface area contributed by atoms with Gasteiger partial charge in [-0.3, -0.25) is 14.4 Å². The van der Waals surface area contributed by atoms with E-state index in [1.165, 1.54) is 0 Å². The van der Waals surface area contributed by atoms with Crippen molar-refractivity contribution in [1.29, 1.82) is 0 Å². The van der Waals surface area contributed by atoms with Crippen LogP contribution in [-0.2, 0) is 14.4 Å². The van der Waals surface area contributed by atoms with E-state index in [0.29, 0.717) is 42.4 Å². The number of benzene rings is 2. The summed E-state index contributed by atoms with van der Waals surface area (Å²) >= 11 is 8.07. The van der Waals surface area contributed by atoms with Gasteiger partial charge in [0.25, 0.3) is 0 Å². The monoisotopic (exact) mass is 585 g/mol. The number of carbonyl (C=O) groups excluding carboxylic acids is 3. The molecular weight excluding hydrogens is 550 g/mol. The van der Waals surface area contributed by atoms with Crippen LogP contribution >= 0.6 is 23.4 Å². The van der Waals surface area contributed by atoms with Crippen molar-refractivity contribution in [3.05, 3.63) is 53.1 Å². The van der Waals surface area contributed by atoms with E-state index in [0.717, 1.165) is 17.7 Å². The van der Waals surface area contributed by atoms with Crippen LogP contribution in [0.4, 0.5) is 11.4 Å². The highest BCUT2D eigenvalue weighted by Gasteiger charge is 2.75. The van der Waals surface area contributed by atoms with Crippen molar-refractivity contribution in [3.63, 3.8) is 0 Å². The molecule has 2 bridgehead atoms. The van der Waals surface area contributed by atoms with Crippen LogP contribution < -0.4 is 15.4 Å². The Balaban J connectivity index is 1.46. The number of aryl methyl sites for hydroxylation is 1. The molecule has 3 aliphatic rings. The fourth-order valence-electron chi connectivity index (χ4n) is 6.76. The van der Waals surface area contributed by atoms with Crippen LogP contribution in [0.15, 0.2) is 42.5 Å². The minimum Gasteiger partial charge on any atom is -0.494 e. The topological polar surface area (TPSA) is 108 Å². The zero-order valence-electron chi connectivity index (χ0n) is 23.0. The molecule has 5 rings (SSSR count). The number of halogens is 1. The van der Waals surface area contributed by atoms with Crippen molar-refractivity contribution in [2.45, 2.75) is 56.1 Å². The number of carbonyl (C=O) groups is 3. The average Bonchev–Trinajstić information content (AvgIpc) is 3.51. The Bertz CT molecular complexity index is 1270. The molecule has 2 aromatic rings. The van der Waals surface area contributed by atoms with Gasteiger partial charge in [-0.1, -0.05) is 30.7 Å². The number of hydrogen-bond donors (Lipinski definition) is 3. The third-order valence-corrected chi connectivity index (χ3v) is 10.9. The highest BCUT2D eigenvalue weighted by Crippen LogP contribution is 2.68. The van der Waals surface area contributed by atoms with E-state index in [4.69, 9.17) is 16.3 Å². The first kappa shape index (κ1) is 28.8. The number of rotatable bonds is 10. The smallest absolute Gasteiger partial charge is 0.248 e. The minimum atomic E-state index is -0.757. The van der Waals surface area contributed by atoms with Gasteiger partial charge in [0.15, 0.2) is 0 Å². The van der Waals surface area contributed by atoms with Crippen LogP contribution in [0, 0.1) is 24.7 Å². The third-order valence-electron chi connectivity index (χ3n) is 8.51. The van der Waals surface area contributed by atoms with E-state index in [1.54, 1.807) is 47.0 Å². The standard InChI is InChI=1S/C30H36ClN3O5S/c1-4-39-20-12-10-19(11-13-20)32-27(36)23-22-16-18(3)30(40-22)24(23)29(38)34(14-5-6-15-35)26(30)28(37)33-25-17(2)8-7-9-21(25)31/h7-13,18,22-24,26,35H,4-6,14-16H2,1-3H3,(H,32,36)(H,33,37)/t18?,22-,23+,24-,26?,30?/m0/s1. The molecule has 40 heavy (non-hydrogen) atoms. The Labute approximate surface area is 244 Å². The first-order valence-corrected chi connectivity index (χ1v) is 15.2. The van der Waals surface area contributed by atoms with Crippen LogP contribution in [0.1, 0.15) is 38.7 Å². The maximum atomic E-state index is 14.1. The number of likely N-dealkylation sites (tertiary alicyclic amines) is 1. The Morgan fingerprint density at radius 2 is 1.90 bits per heavy atom. The lowest BCUT2D eigenvalue weighted by Crippen LogP contribution is -2.55. The van der Waals surface area contributed by atoms with Gasteiger partial charge >= 0.3 is 0 Å².